The monoisotopic (exact) mass is 358 g/mol. The highest BCUT2D eigenvalue weighted by Crippen LogP contribution is 2.29. The predicted molar refractivity (Wildman–Crippen MR) is 96.1 cm³/mol. The third kappa shape index (κ3) is 3.22. The Labute approximate surface area is 147 Å². The van der Waals surface area contributed by atoms with Gasteiger partial charge in [0, 0.05) is 25.4 Å². The minimum absolute atomic E-state index is 0.473. The summed E-state index contributed by atoms with van der Waals surface area (Å²) in [5, 5.41) is 11.3. The van der Waals surface area contributed by atoms with Crippen LogP contribution in [0.15, 0.2) is 35.5 Å². The summed E-state index contributed by atoms with van der Waals surface area (Å²) in [5.41, 5.74) is 2.81. The molecule has 1 N–H and O–H groups in total. The summed E-state index contributed by atoms with van der Waals surface area (Å²) >= 11 is 0. The number of anilines is 1. The zero-order valence-corrected chi connectivity index (χ0v) is 14.9. The molecule has 0 radical (unpaired) electrons. The highest BCUT2D eigenvalue weighted by atomic mass is 32.2. The summed E-state index contributed by atoms with van der Waals surface area (Å²) in [6.07, 6.45) is 2.02. The van der Waals surface area contributed by atoms with Crippen LogP contribution in [-0.2, 0) is 17.2 Å². The SMILES string of the molecule is COc1nc2ncnn2c(N(C)C)c1Cc1ccc(S(=O)C=N)cc1. The minimum Gasteiger partial charge on any atom is -0.481 e. The summed E-state index contributed by atoms with van der Waals surface area (Å²) < 4.78 is 18.8. The van der Waals surface area contributed by atoms with E-state index in [0.29, 0.717) is 23.0 Å². The quantitative estimate of drug-likeness (QED) is 0.530. The van der Waals surface area contributed by atoms with Gasteiger partial charge in [-0.2, -0.15) is 19.6 Å². The van der Waals surface area contributed by atoms with Gasteiger partial charge in [0.25, 0.3) is 5.78 Å². The van der Waals surface area contributed by atoms with Gasteiger partial charge in [-0.05, 0) is 17.7 Å². The average Bonchev–Trinajstić information content (AvgIpc) is 3.08. The van der Waals surface area contributed by atoms with Gasteiger partial charge in [-0.25, -0.2) is 4.21 Å². The summed E-state index contributed by atoms with van der Waals surface area (Å²) in [6.45, 7) is 0. The number of benzene rings is 1. The summed E-state index contributed by atoms with van der Waals surface area (Å²) in [7, 11) is 4.03. The van der Waals surface area contributed by atoms with E-state index in [2.05, 4.69) is 15.1 Å². The van der Waals surface area contributed by atoms with Crippen molar-refractivity contribution in [3.63, 3.8) is 0 Å². The van der Waals surface area contributed by atoms with Crippen molar-refractivity contribution in [2.45, 2.75) is 11.3 Å². The van der Waals surface area contributed by atoms with Crippen LogP contribution in [-0.4, -0.2) is 50.5 Å². The maximum absolute atomic E-state index is 11.7. The first-order chi connectivity index (χ1) is 12.0. The summed E-state index contributed by atoms with van der Waals surface area (Å²) in [4.78, 5) is 11.1. The number of methoxy groups -OCH3 is 1. The number of aromatic nitrogens is 4. The first kappa shape index (κ1) is 17.0. The highest BCUT2D eigenvalue weighted by Gasteiger charge is 2.19. The number of nitrogens with one attached hydrogen (secondary N) is 1. The number of hydrogen-bond acceptors (Lipinski definition) is 7. The van der Waals surface area contributed by atoms with Crippen molar-refractivity contribution in [2.75, 3.05) is 26.1 Å². The smallest absolute Gasteiger partial charge is 0.257 e. The van der Waals surface area contributed by atoms with Gasteiger partial charge in [-0.1, -0.05) is 12.1 Å². The lowest BCUT2D eigenvalue weighted by Crippen LogP contribution is -2.18. The molecule has 0 fully saturated rings. The molecule has 1 aromatic carbocycles. The first-order valence-electron chi connectivity index (χ1n) is 7.49. The molecular weight excluding hydrogens is 340 g/mol. The zero-order chi connectivity index (χ0) is 18.0. The van der Waals surface area contributed by atoms with Crippen LogP contribution in [0.1, 0.15) is 11.1 Å². The second kappa shape index (κ2) is 6.98. The maximum Gasteiger partial charge on any atom is 0.257 e. The van der Waals surface area contributed by atoms with E-state index < -0.39 is 10.8 Å². The van der Waals surface area contributed by atoms with Gasteiger partial charge in [0.1, 0.15) is 12.1 Å². The third-order valence-electron chi connectivity index (χ3n) is 3.72. The molecule has 2 heterocycles. The lowest BCUT2D eigenvalue weighted by molar-refractivity contribution is 0.393. The van der Waals surface area contributed by atoms with Crippen LogP contribution in [0.4, 0.5) is 5.82 Å². The van der Waals surface area contributed by atoms with Crippen molar-refractivity contribution in [1.29, 1.82) is 5.41 Å². The molecule has 0 saturated carbocycles. The van der Waals surface area contributed by atoms with Crippen LogP contribution in [0, 0.1) is 5.41 Å². The Hall–Kier alpha value is -2.81. The summed E-state index contributed by atoms with van der Waals surface area (Å²) in [6, 6.07) is 7.31. The number of hydrogen-bond donors (Lipinski definition) is 1. The van der Waals surface area contributed by atoms with Crippen LogP contribution in [0.5, 0.6) is 5.88 Å². The molecule has 0 amide bonds. The molecule has 1 unspecified atom stereocenters. The minimum atomic E-state index is -1.40. The Balaban J connectivity index is 2.06. The van der Waals surface area contributed by atoms with Crippen LogP contribution in [0.25, 0.3) is 5.78 Å². The molecule has 0 spiro atoms. The van der Waals surface area contributed by atoms with Crippen LogP contribution >= 0.6 is 0 Å². The second-order valence-corrected chi connectivity index (χ2v) is 6.83. The second-order valence-electron chi connectivity index (χ2n) is 5.53. The molecular formula is C16H18N6O2S. The van der Waals surface area contributed by atoms with Gasteiger partial charge in [0.05, 0.1) is 29.0 Å². The lowest BCUT2D eigenvalue weighted by atomic mass is 10.1. The van der Waals surface area contributed by atoms with Crippen LogP contribution < -0.4 is 9.64 Å². The molecule has 0 aliphatic carbocycles. The van der Waals surface area contributed by atoms with E-state index in [1.54, 1.807) is 23.8 Å². The predicted octanol–water partition coefficient (Wildman–Crippen LogP) is 1.50. The zero-order valence-electron chi connectivity index (χ0n) is 14.1. The Morgan fingerprint density at radius 1 is 1.32 bits per heavy atom. The van der Waals surface area contributed by atoms with Crippen molar-refractivity contribution in [1.82, 2.24) is 19.6 Å². The number of nitrogens with zero attached hydrogens (tertiary/aromatic N) is 5. The molecule has 25 heavy (non-hydrogen) atoms. The fourth-order valence-electron chi connectivity index (χ4n) is 2.64. The molecule has 0 bridgehead atoms. The molecule has 3 rings (SSSR count). The molecule has 8 nitrogen and oxygen atoms in total. The van der Waals surface area contributed by atoms with E-state index in [1.165, 1.54) is 6.33 Å². The topological polar surface area (TPSA) is 96.5 Å². The van der Waals surface area contributed by atoms with Gasteiger partial charge in [-0.15, -0.1) is 0 Å². The van der Waals surface area contributed by atoms with E-state index in [0.717, 1.165) is 22.5 Å². The van der Waals surface area contributed by atoms with Gasteiger partial charge in [-0.3, -0.25) is 5.41 Å². The molecule has 130 valence electrons. The van der Waals surface area contributed by atoms with E-state index in [4.69, 9.17) is 10.1 Å². The Kier molecular flexibility index (Phi) is 4.75. The van der Waals surface area contributed by atoms with Crippen molar-refractivity contribution in [3.05, 3.63) is 41.7 Å². The van der Waals surface area contributed by atoms with E-state index in [-0.39, 0.29) is 0 Å². The standard InChI is InChI=1S/C16H18N6O2S/c1-21(2)15-13(14(24-3)20-16-18-10-19-22(15)16)8-11-4-6-12(7-5-11)25(23)9-17/h4-7,9-10,17H,8H2,1-3H3. The summed E-state index contributed by atoms with van der Waals surface area (Å²) in [5.74, 6) is 1.81. The van der Waals surface area contributed by atoms with Crippen LogP contribution in [0.3, 0.4) is 0 Å². The van der Waals surface area contributed by atoms with Gasteiger partial charge >= 0.3 is 0 Å². The van der Waals surface area contributed by atoms with Gasteiger partial charge < -0.3 is 9.64 Å². The van der Waals surface area contributed by atoms with Crippen molar-refractivity contribution >= 4 is 27.9 Å². The van der Waals surface area contributed by atoms with E-state index in [9.17, 15) is 4.21 Å². The Morgan fingerprint density at radius 2 is 2.04 bits per heavy atom. The molecule has 9 heteroatoms. The van der Waals surface area contributed by atoms with E-state index >= 15 is 0 Å². The highest BCUT2D eigenvalue weighted by molar-refractivity contribution is 7.98. The fraction of sp³-hybridized carbons (Fsp3) is 0.250. The molecule has 3 aromatic rings. The Morgan fingerprint density at radius 3 is 2.64 bits per heavy atom. The average molecular weight is 358 g/mol. The molecule has 0 aliphatic rings. The maximum atomic E-state index is 11.7. The first-order valence-corrected chi connectivity index (χ1v) is 8.70. The van der Waals surface area contributed by atoms with Gasteiger partial charge in [0.2, 0.25) is 5.88 Å². The Bertz CT molecular complexity index is 936. The number of fused-ring (bicyclic) bond motifs is 1. The van der Waals surface area contributed by atoms with Gasteiger partial charge in [0.15, 0.2) is 0 Å². The molecule has 2 aromatic heterocycles. The number of rotatable bonds is 6. The van der Waals surface area contributed by atoms with Crippen molar-refractivity contribution in [3.8, 4) is 5.88 Å². The van der Waals surface area contributed by atoms with E-state index in [1.807, 2.05) is 31.1 Å². The molecule has 0 aliphatic heterocycles. The molecule has 0 saturated heterocycles. The lowest BCUT2D eigenvalue weighted by Gasteiger charge is -2.20. The largest absolute Gasteiger partial charge is 0.481 e. The van der Waals surface area contributed by atoms with Crippen molar-refractivity contribution < 1.29 is 8.95 Å². The third-order valence-corrected chi connectivity index (χ3v) is 4.67. The van der Waals surface area contributed by atoms with Crippen molar-refractivity contribution in [2.24, 2.45) is 0 Å². The van der Waals surface area contributed by atoms with Crippen LogP contribution in [0.2, 0.25) is 0 Å². The number of ether oxygens (including phenoxy) is 1. The fourth-order valence-corrected chi connectivity index (χ4v) is 3.18. The normalized spacial score (nSPS) is 12.1. The molecule has 1 atom stereocenters.